The first-order valence-corrected chi connectivity index (χ1v) is 10.2. The first kappa shape index (κ1) is 20.3. The van der Waals surface area contributed by atoms with Crippen LogP contribution in [0.3, 0.4) is 0 Å². The van der Waals surface area contributed by atoms with Gasteiger partial charge in [0.15, 0.2) is 11.5 Å². The summed E-state index contributed by atoms with van der Waals surface area (Å²) in [6.07, 6.45) is 0. The van der Waals surface area contributed by atoms with Crippen molar-refractivity contribution in [3.05, 3.63) is 58.1 Å². The smallest absolute Gasteiger partial charge is 0.325 e. The molecule has 0 spiro atoms. The van der Waals surface area contributed by atoms with Gasteiger partial charge in [-0.15, -0.1) is 0 Å². The first-order chi connectivity index (χ1) is 14.0. The van der Waals surface area contributed by atoms with Gasteiger partial charge < -0.3 is 14.8 Å². The maximum absolute atomic E-state index is 13.4. The molecule has 1 N–H and O–H groups in total. The number of amides is 3. The van der Waals surface area contributed by atoms with Gasteiger partial charge in [-0.3, -0.25) is 9.69 Å². The predicted octanol–water partition coefficient (Wildman–Crippen LogP) is 4.30. The second-order valence-electron chi connectivity index (χ2n) is 9.35. The average molecular weight is 408 g/mol. The number of carbonyl (C=O) groups is 2. The third-order valence-electron chi connectivity index (χ3n) is 6.10. The Labute approximate surface area is 177 Å². The van der Waals surface area contributed by atoms with Gasteiger partial charge in [0.25, 0.3) is 5.91 Å². The monoisotopic (exact) mass is 408 g/mol. The van der Waals surface area contributed by atoms with Crippen molar-refractivity contribution in [2.24, 2.45) is 0 Å². The lowest BCUT2D eigenvalue weighted by molar-refractivity contribution is -0.131. The predicted molar refractivity (Wildman–Crippen MR) is 114 cm³/mol. The number of aryl methyl sites for hydroxylation is 2. The Morgan fingerprint density at radius 3 is 2.30 bits per heavy atom. The highest BCUT2D eigenvalue weighted by atomic mass is 16.7. The number of rotatable bonds is 3. The van der Waals surface area contributed by atoms with E-state index < -0.39 is 5.54 Å². The van der Waals surface area contributed by atoms with E-state index in [-0.39, 0.29) is 30.7 Å². The van der Waals surface area contributed by atoms with E-state index >= 15 is 0 Å². The second kappa shape index (κ2) is 6.76. The van der Waals surface area contributed by atoms with E-state index in [1.54, 1.807) is 25.1 Å². The SMILES string of the molecule is Cc1cc(C(C)(C)C)cc(C)c1CN1C(=O)N[C@](C)(c2ccc3c(c2)OCO3)C1=O. The Morgan fingerprint density at radius 1 is 1.03 bits per heavy atom. The molecule has 0 aromatic heterocycles. The molecule has 30 heavy (non-hydrogen) atoms. The van der Waals surface area contributed by atoms with Crippen molar-refractivity contribution in [1.29, 1.82) is 0 Å². The van der Waals surface area contributed by atoms with Crippen molar-refractivity contribution in [3.63, 3.8) is 0 Å². The number of hydrogen-bond acceptors (Lipinski definition) is 4. The zero-order valence-electron chi connectivity index (χ0n) is 18.4. The molecule has 6 heteroatoms. The summed E-state index contributed by atoms with van der Waals surface area (Å²) in [6, 6.07) is 9.24. The van der Waals surface area contributed by atoms with Gasteiger partial charge in [0, 0.05) is 0 Å². The molecule has 1 atom stereocenters. The van der Waals surface area contributed by atoms with E-state index in [0.29, 0.717) is 17.1 Å². The molecule has 0 aliphatic carbocycles. The number of urea groups is 1. The summed E-state index contributed by atoms with van der Waals surface area (Å²) in [4.78, 5) is 27.5. The molecule has 2 aliphatic rings. The lowest BCUT2D eigenvalue weighted by Crippen LogP contribution is -2.40. The molecule has 3 amide bonds. The molecule has 0 radical (unpaired) electrons. The van der Waals surface area contributed by atoms with Crippen molar-refractivity contribution in [1.82, 2.24) is 10.2 Å². The Balaban J connectivity index is 1.64. The summed E-state index contributed by atoms with van der Waals surface area (Å²) in [7, 11) is 0. The van der Waals surface area contributed by atoms with Crippen LogP contribution in [-0.4, -0.2) is 23.6 Å². The summed E-state index contributed by atoms with van der Waals surface area (Å²) in [5.41, 5.74) is 3.96. The Bertz CT molecular complexity index is 1030. The van der Waals surface area contributed by atoms with Gasteiger partial charge in [0.05, 0.1) is 6.54 Å². The van der Waals surface area contributed by atoms with E-state index in [1.807, 2.05) is 13.8 Å². The molecule has 2 aromatic carbocycles. The number of fused-ring (bicyclic) bond motifs is 1. The Hall–Kier alpha value is -3.02. The van der Waals surface area contributed by atoms with Crippen LogP contribution in [0.1, 0.15) is 55.5 Å². The van der Waals surface area contributed by atoms with Crippen molar-refractivity contribution in [2.45, 2.75) is 59.0 Å². The number of ether oxygens (including phenoxy) is 2. The number of nitrogens with one attached hydrogen (secondary N) is 1. The highest BCUT2D eigenvalue weighted by Gasteiger charge is 2.49. The van der Waals surface area contributed by atoms with Gasteiger partial charge >= 0.3 is 6.03 Å². The van der Waals surface area contributed by atoms with Gasteiger partial charge in [-0.05, 0) is 66.1 Å². The molecule has 2 aromatic rings. The zero-order chi connectivity index (χ0) is 21.8. The molecular formula is C24H28N2O4. The van der Waals surface area contributed by atoms with Crippen molar-refractivity contribution < 1.29 is 19.1 Å². The molecule has 2 aliphatic heterocycles. The third kappa shape index (κ3) is 3.20. The molecular weight excluding hydrogens is 380 g/mol. The maximum atomic E-state index is 13.4. The third-order valence-corrected chi connectivity index (χ3v) is 6.10. The minimum Gasteiger partial charge on any atom is -0.454 e. The lowest BCUT2D eigenvalue weighted by Gasteiger charge is -2.25. The summed E-state index contributed by atoms with van der Waals surface area (Å²) in [5.74, 6) is 0.949. The minimum absolute atomic E-state index is 0.0345. The average Bonchev–Trinajstić information content (AvgIpc) is 3.21. The molecule has 0 unspecified atom stereocenters. The Morgan fingerprint density at radius 2 is 1.67 bits per heavy atom. The van der Waals surface area contributed by atoms with Crippen molar-refractivity contribution >= 4 is 11.9 Å². The summed E-state index contributed by atoms with van der Waals surface area (Å²) in [5, 5.41) is 2.87. The normalized spacial score (nSPS) is 20.7. The van der Waals surface area contributed by atoms with Crippen molar-refractivity contribution in [2.75, 3.05) is 6.79 Å². The fourth-order valence-electron chi connectivity index (χ4n) is 4.08. The molecule has 4 rings (SSSR count). The molecule has 0 bridgehead atoms. The number of carbonyl (C=O) groups excluding carboxylic acids is 2. The van der Waals surface area contributed by atoms with Crippen LogP contribution in [0.25, 0.3) is 0 Å². The fourth-order valence-corrected chi connectivity index (χ4v) is 4.08. The lowest BCUT2D eigenvalue weighted by atomic mass is 9.83. The van der Waals surface area contributed by atoms with Gasteiger partial charge in [-0.1, -0.05) is 39.0 Å². The summed E-state index contributed by atoms with van der Waals surface area (Å²) >= 11 is 0. The molecule has 1 fully saturated rings. The largest absolute Gasteiger partial charge is 0.454 e. The second-order valence-corrected chi connectivity index (χ2v) is 9.35. The van der Waals surface area contributed by atoms with Crippen LogP contribution in [0.4, 0.5) is 4.79 Å². The fraction of sp³-hybridized carbons (Fsp3) is 0.417. The van der Waals surface area contributed by atoms with Crippen molar-refractivity contribution in [3.8, 4) is 11.5 Å². The van der Waals surface area contributed by atoms with Gasteiger partial charge in [-0.2, -0.15) is 0 Å². The Kier molecular flexibility index (Phi) is 4.56. The van der Waals surface area contributed by atoms with Crippen LogP contribution >= 0.6 is 0 Å². The van der Waals surface area contributed by atoms with E-state index in [0.717, 1.165) is 16.7 Å². The number of nitrogens with zero attached hydrogens (tertiary/aromatic N) is 1. The minimum atomic E-state index is -1.15. The molecule has 2 heterocycles. The first-order valence-electron chi connectivity index (χ1n) is 10.2. The summed E-state index contributed by atoms with van der Waals surface area (Å²) in [6.45, 7) is 12.7. The van der Waals surface area contributed by atoms with Crippen LogP contribution < -0.4 is 14.8 Å². The zero-order valence-corrected chi connectivity index (χ0v) is 18.4. The number of benzene rings is 2. The van der Waals surface area contributed by atoms with E-state index in [4.69, 9.17) is 9.47 Å². The van der Waals surface area contributed by atoms with Gasteiger partial charge in [-0.25, -0.2) is 4.79 Å². The van der Waals surface area contributed by atoms with Crippen LogP contribution in [0, 0.1) is 13.8 Å². The van der Waals surface area contributed by atoms with Crippen LogP contribution in [0.5, 0.6) is 11.5 Å². The standard InChI is InChI=1S/C24H28N2O4/c1-14-9-17(23(3,4)5)10-15(2)18(14)12-26-21(27)24(6,25-22(26)28)16-7-8-19-20(11-16)30-13-29-19/h7-11H,12-13H2,1-6H3,(H,25,28)/t24-/m1/s1. The highest BCUT2D eigenvalue weighted by molar-refractivity contribution is 6.07. The molecule has 0 saturated carbocycles. The number of hydrogen-bond donors (Lipinski definition) is 1. The van der Waals surface area contributed by atoms with Crippen LogP contribution in [0.2, 0.25) is 0 Å². The van der Waals surface area contributed by atoms with E-state index in [2.05, 4.69) is 38.2 Å². The number of imide groups is 1. The van der Waals surface area contributed by atoms with E-state index in [1.165, 1.54) is 10.5 Å². The topological polar surface area (TPSA) is 67.9 Å². The highest BCUT2D eigenvalue weighted by Crippen LogP contribution is 2.38. The van der Waals surface area contributed by atoms with Gasteiger partial charge in [0.2, 0.25) is 6.79 Å². The van der Waals surface area contributed by atoms with Crippen LogP contribution in [0.15, 0.2) is 30.3 Å². The molecule has 158 valence electrons. The molecule has 1 saturated heterocycles. The van der Waals surface area contributed by atoms with E-state index in [9.17, 15) is 9.59 Å². The maximum Gasteiger partial charge on any atom is 0.325 e. The molecule has 6 nitrogen and oxygen atoms in total. The van der Waals surface area contributed by atoms with Crippen LogP contribution in [-0.2, 0) is 22.3 Å². The van der Waals surface area contributed by atoms with Gasteiger partial charge in [0.1, 0.15) is 5.54 Å². The quantitative estimate of drug-likeness (QED) is 0.769. The summed E-state index contributed by atoms with van der Waals surface area (Å²) < 4.78 is 10.8.